The number of nitrogens with zero attached hydrogens (tertiary/aromatic N) is 1. The standard InChI is InChI=1S/C8H12N2OS.ClH/c1-2-7(6-9-3-1)11-8-10-4-5-12-8;/h4-5,7,9H,1-3,6H2;1H/t7-;/m1./s1. The quantitative estimate of drug-likeness (QED) is 0.824. The van der Waals surface area contributed by atoms with Crippen molar-refractivity contribution in [3.8, 4) is 5.19 Å². The maximum atomic E-state index is 5.64. The largest absolute Gasteiger partial charge is 0.465 e. The first kappa shape index (κ1) is 10.8. The predicted octanol–water partition coefficient (Wildman–Crippen LogP) is 1.70. The van der Waals surface area contributed by atoms with Gasteiger partial charge in [-0.15, -0.1) is 12.4 Å². The highest BCUT2D eigenvalue weighted by Crippen LogP contribution is 2.17. The first-order valence-corrected chi connectivity index (χ1v) is 5.10. The van der Waals surface area contributed by atoms with E-state index in [9.17, 15) is 0 Å². The normalized spacial score (nSPS) is 22.0. The lowest BCUT2D eigenvalue weighted by Gasteiger charge is -2.22. The summed E-state index contributed by atoms with van der Waals surface area (Å²) >= 11 is 1.56. The van der Waals surface area contributed by atoms with Gasteiger partial charge in [-0.25, -0.2) is 4.98 Å². The van der Waals surface area contributed by atoms with Crippen LogP contribution in [0.2, 0.25) is 0 Å². The number of ether oxygens (including phenoxy) is 1. The number of hydrogen-bond donors (Lipinski definition) is 1. The SMILES string of the molecule is Cl.c1csc(O[C@@H]2CCCNC2)n1. The average molecular weight is 221 g/mol. The Kier molecular flexibility index (Phi) is 4.48. The molecule has 1 aliphatic rings. The summed E-state index contributed by atoms with van der Waals surface area (Å²) < 4.78 is 5.64. The summed E-state index contributed by atoms with van der Waals surface area (Å²) in [7, 11) is 0. The molecule has 1 saturated heterocycles. The molecular formula is C8H13ClN2OS. The van der Waals surface area contributed by atoms with Gasteiger partial charge in [0.15, 0.2) is 0 Å². The zero-order valence-electron chi connectivity index (χ0n) is 7.23. The molecule has 3 nitrogen and oxygen atoms in total. The number of hydrogen-bond acceptors (Lipinski definition) is 4. The molecule has 1 aromatic heterocycles. The van der Waals surface area contributed by atoms with Gasteiger partial charge in [-0.05, 0) is 19.4 Å². The molecule has 1 N–H and O–H groups in total. The second-order valence-corrected chi connectivity index (χ2v) is 3.74. The first-order chi connectivity index (χ1) is 5.95. The minimum atomic E-state index is 0. The Hall–Kier alpha value is -0.320. The summed E-state index contributed by atoms with van der Waals surface area (Å²) in [6.07, 6.45) is 4.45. The Morgan fingerprint density at radius 2 is 2.54 bits per heavy atom. The first-order valence-electron chi connectivity index (χ1n) is 4.22. The number of nitrogens with one attached hydrogen (secondary N) is 1. The minimum absolute atomic E-state index is 0. The molecule has 5 heteroatoms. The molecule has 13 heavy (non-hydrogen) atoms. The van der Waals surface area contributed by atoms with Gasteiger partial charge in [0.1, 0.15) is 6.10 Å². The second kappa shape index (κ2) is 5.42. The van der Waals surface area contributed by atoms with E-state index in [0.29, 0.717) is 6.10 Å². The number of piperidine rings is 1. The van der Waals surface area contributed by atoms with E-state index >= 15 is 0 Å². The van der Waals surface area contributed by atoms with Crippen LogP contribution in [0.4, 0.5) is 0 Å². The summed E-state index contributed by atoms with van der Waals surface area (Å²) in [5.74, 6) is 0. The van der Waals surface area contributed by atoms with E-state index in [0.717, 1.165) is 24.7 Å². The van der Waals surface area contributed by atoms with Gasteiger partial charge in [0.25, 0.3) is 5.19 Å². The van der Waals surface area contributed by atoms with Crippen molar-refractivity contribution in [3.63, 3.8) is 0 Å². The van der Waals surface area contributed by atoms with Crippen molar-refractivity contribution in [1.29, 1.82) is 0 Å². The van der Waals surface area contributed by atoms with Gasteiger partial charge < -0.3 is 10.1 Å². The highest BCUT2D eigenvalue weighted by atomic mass is 35.5. The van der Waals surface area contributed by atoms with Gasteiger partial charge in [0.2, 0.25) is 0 Å². The van der Waals surface area contributed by atoms with Crippen LogP contribution in [-0.2, 0) is 0 Å². The average Bonchev–Trinajstić information content (AvgIpc) is 2.59. The molecule has 1 aliphatic heterocycles. The van der Waals surface area contributed by atoms with E-state index in [4.69, 9.17) is 4.74 Å². The highest BCUT2D eigenvalue weighted by molar-refractivity contribution is 7.11. The monoisotopic (exact) mass is 220 g/mol. The van der Waals surface area contributed by atoms with Crippen molar-refractivity contribution in [1.82, 2.24) is 10.3 Å². The van der Waals surface area contributed by atoms with E-state index < -0.39 is 0 Å². The van der Waals surface area contributed by atoms with Crippen LogP contribution in [0.25, 0.3) is 0 Å². The second-order valence-electron chi connectivity index (χ2n) is 2.88. The zero-order chi connectivity index (χ0) is 8.23. The van der Waals surface area contributed by atoms with Crippen molar-refractivity contribution in [2.24, 2.45) is 0 Å². The maximum absolute atomic E-state index is 5.64. The molecular weight excluding hydrogens is 208 g/mol. The molecule has 0 unspecified atom stereocenters. The van der Waals surface area contributed by atoms with Crippen LogP contribution in [0.1, 0.15) is 12.8 Å². The maximum Gasteiger partial charge on any atom is 0.273 e. The Morgan fingerprint density at radius 1 is 1.62 bits per heavy atom. The molecule has 0 spiro atoms. The van der Waals surface area contributed by atoms with Crippen LogP contribution >= 0.6 is 23.7 Å². The Labute approximate surface area is 87.9 Å². The molecule has 0 amide bonds. The van der Waals surface area contributed by atoms with Crippen molar-refractivity contribution in [2.45, 2.75) is 18.9 Å². The molecule has 0 radical (unpaired) electrons. The van der Waals surface area contributed by atoms with Gasteiger partial charge in [0.05, 0.1) is 0 Å². The van der Waals surface area contributed by atoms with E-state index in [1.165, 1.54) is 6.42 Å². The number of rotatable bonds is 2. The predicted molar refractivity (Wildman–Crippen MR) is 55.9 cm³/mol. The van der Waals surface area contributed by atoms with Crippen molar-refractivity contribution in [2.75, 3.05) is 13.1 Å². The van der Waals surface area contributed by atoms with Gasteiger partial charge >= 0.3 is 0 Å². The van der Waals surface area contributed by atoms with Crippen LogP contribution in [0.15, 0.2) is 11.6 Å². The van der Waals surface area contributed by atoms with Gasteiger partial charge in [-0.3, -0.25) is 0 Å². The molecule has 0 aromatic carbocycles. The molecule has 2 heterocycles. The third-order valence-corrected chi connectivity index (χ3v) is 2.59. The van der Waals surface area contributed by atoms with Crippen LogP contribution < -0.4 is 10.1 Å². The van der Waals surface area contributed by atoms with Crippen molar-refractivity contribution < 1.29 is 4.74 Å². The fourth-order valence-corrected chi connectivity index (χ4v) is 1.88. The molecule has 0 bridgehead atoms. The third-order valence-electron chi connectivity index (χ3n) is 1.93. The number of halogens is 1. The lowest BCUT2D eigenvalue weighted by Crippen LogP contribution is -2.37. The summed E-state index contributed by atoms with van der Waals surface area (Å²) in [5, 5.41) is 6.03. The fourth-order valence-electron chi connectivity index (χ4n) is 1.33. The summed E-state index contributed by atoms with van der Waals surface area (Å²) in [4.78, 5) is 4.08. The Balaban J connectivity index is 0.000000845. The Bertz CT molecular complexity index is 224. The lowest BCUT2D eigenvalue weighted by molar-refractivity contribution is 0.166. The minimum Gasteiger partial charge on any atom is -0.465 e. The molecule has 74 valence electrons. The molecule has 0 saturated carbocycles. The van der Waals surface area contributed by atoms with Crippen LogP contribution in [0.3, 0.4) is 0 Å². The summed E-state index contributed by atoms with van der Waals surface area (Å²) in [6, 6.07) is 0. The topological polar surface area (TPSA) is 34.1 Å². The molecule has 2 rings (SSSR count). The zero-order valence-corrected chi connectivity index (χ0v) is 8.87. The van der Waals surface area contributed by atoms with Crippen LogP contribution in [0.5, 0.6) is 5.19 Å². The summed E-state index contributed by atoms with van der Waals surface area (Å²) in [6.45, 7) is 2.08. The molecule has 1 fully saturated rings. The van der Waals surface area contributed by atoms with Gasteiger partial charge in [-0.1, -0.05) is 11.3 Å². The third kappa shape index (κ3) is 3.14. The van der Waals surface area contributed by atoms with Crippen LogP contribution in [-0.4, -0.2) is 24.2 Å². The van der Waals surface area contributed by atoms with Crippen molar-refractivity contribution in [3.05, 3.63) is 11.6 Å². The lowest BCUT2D eigenvalue weighted by atomic mass is 10.1. The fraction of sp³-hybridized carbons (Fsp3) is 0.625. The van der Waals surface area contributed by atoms with Crippen molar-refractivity contribution >= 4 is 23.7 Å². The number of aromatic nitrogens is 1. The number of thiazole rings is 1. The Morgan fingerprint density at radius 3 is 3.15 bits per heavy atom. The highest BCUT2D eigenvalue weighted by Gasteiger charge is 2.14. The molecule has 1 atom stereocenters. The van der Waals surface area contributed by atoms with Gasteiger partial charge in [-0.2, -0.15) is 0 Å². The van der Waals surface area contributed by atoms with E-state index in [1.807, 2.05) is 5.38 Å². The van der Waals surface area contributed by atoms with Crippen LogP contribution in [0, 0.1) is 0 Å². The van der Waals surface area contributed by atoms with E-state index in [2.05, 4.69) is 10.3 Å². The molecule has 1 aromatic rings. The van der Waals surface area contributed by atoms with E-state index in [-0.39, 0.29) is 12.4 Å². The van der Waals surface area contributed by atoms with E-state index in [1.54, 1.807) is 17.5 Å². The summed E-state index contributed by atoms with van der Waals surface area (Å²) in [5.41, 5.74) is 0. The smallest absolute Gasteiger partial charge is 0.273 e. The van der Waals surface area contributed by atoms with Gasteiger partial charge in [0, 0.05) is 18.1 Å². The molecule has 0 aliphatic carbocycles.